The van der Waals surface area contributed by atoms with Gasteiger partial charge < -0.3 is 15.8 Å². The number of ether oxygens (including phenoxy) is 1. The van der Waals surface area contributed by atoms with Crippen LogP contribution in [0.3, 0.4) is 0 Å². The first-order chi connectivity index (χ1) is 10.1. The number of nitrogens with two attached hydrogens (primary N) is 1. The van der Waals surface area contributed by atoms with Gasteiger partial charge in [0.05, 0.1) is 4.92 Å². The Morgan fingerprint density at radius 1 is 1.29 bits per heavy atom. The summed E-state index contributed by atoms with van der Waals surface area (Å²) < 4.78 is 6.08. The van der Waals surface area contributed by atoms with Crippen molar-refractivity contribution in [2.24, 2.45) is 5.73 Å². The molecule has 0 aliphatic rings. The summed E-state index contributed by atoms with van der Waals surface area (Å²) >= 11 is 3.23. The van der Waals surface area contributed by atoms with E-state index >= 15 is 0 Å². The van der Waals surface area contributed by atoms with E-state index in [0.717, 1.165) is 0 Å². The second-order valence-electron chi connectivity index (χ2n) is 4.21. The first-order valence-corrected chi connectivity index (χ1v) is 7.03. The summed E-state index contributed by atoms with van der Waals surface area (Å²) in [4.78, 5) is 10.6. The van der Waals surface area contributed by atoms with Crippen LogP contribution in [-0.2, 0) is 0 Å². The van der Waals surface area contributed by atoms with Crippen LogP contribution in [0, 0.1) is 10.1 Å². The lowest BCUT2D eigenvalue weighted by atomic mass is 10.2. The maximum Gasteiger partial charge on any atom is 0.293 e. The quantitative estimate of drug-likeness (QED) is 0.614. The number of hydrogen-bond donors (Lipinski definition) is 2. The molecule has 0 heterocycles. The Morgan fingerprint density at radius 3 is 2.81 bits per heavy atom. The Hall–Kier alpha value is -2.12. The lowest BCUT2D eigenvalue weighted by molar-refractivity contribution is -0.384. The fourth-order valence-electron chi connectivity index (χ4n) is 1.76. The molecule has 0 spiro atoms. The molecule has 0 amide bonds. The van der Waals surface area contributed by atoms with Crippen molar-refractivity contribution in [2.45, 2.75) is 0 Å². The molecule has 0 radical (unpaired) electrons. The normalized spacial score (nSPS) is 10.2. The number of nitrogens with one attached hydrogen (secondary N) is 1. The third kappa shape index (κ3) is 4.17. The van der Waals surface area contributed by atoms with Crippen molar-refractivity contribution >= 4 is 33.0 Å². The summed E-state index contributed by atoms with van der Waals surface area (Å²) in [6.07, 6.45) is 0. The average Bonchev–Trinajstić information content (AvgIpc) is 2.47. The Morgan fingerprint density at radius 2 is 2.10 bits per heavy atom. The highest BCUT2D eigenvalue weighted by atomic mass is 79.9. The molecule has 0 aliphatic carbocycles. The molecule has 0 atom stereocenters. The lowest BCUT2D eigenvalue weighted by Gasteiger charge is -2.10. The van der Waals surface area contributed by atoms with E-state index in [1.54, 1.807) is 36.4 Å². The summed E-state index contributed by atoms with van der Waals surface area (Å²) in [6, 6.07) is 12.0. The summed E-state index contributed by atoms with van der Waals surface area (Å²) in [7, 11) is 0. The van der Waals surface area contributed by atoms with Crippen LogP contribution in [0.25, 0.3) is 0 Å². The van der Waals surface area contributed by atoms with Gasteiger partial charge in [-0.2, -0.15) is 0 Å². The molecule has 21 heavy (non-hydrogen) atoms. The molecule has 3 N–H and O–H groups in total. The fourth-order valence-corrected chi connectivity index (χ4v) is 2.11. The maximum atomic E-state index is 11.1. The van der Waals surface area contributed by atoms with E-state index in [1.807, 2.05) is 0 Å². The van der Waals surface area contributed by atoms with E-state index in [-0.39, 0.29) is 5.69 Å². The smallest absolute Gasteiger partial charge is 0.293 e. The zero-order valence-electron chi connectivity index (χ0n) is 11.1. The minimum atomic E-state index is -0.429. The summed E-state index contributed by atoms with van der Waals surface area (Å²) in [5.41, 5.74) is 6.50. The number of anilines is 2. The van der Waals surface area contributed by atoms with Crippen molar-refractivity contribution in [3.63, 3.8) is 0 Å². The molecule has 0 bridgehead atoms. The summed E-state index contributed by atoms with van der Waals surface area (Å²) in [6.45, 7) is 0.845. The van der Waals surface area contributed by atoms with Gasteiger partial charge in [0.15, 0.2) is 0 Å². The molecule has 0 fully saturated rings. The van der Waals surface area contributed by atoms with Gasteiger partial charge in [0.25, 0.3) is 5.69 Å². The van der Waals surface area contributed by atoms with Crippen LogP contribution in [-0.4, -0.2) is 18.1 Å². The van der Waals surface area contributed by atoms with Gasteiger partial charge >= 0.3 is 0 Å². The van der Waals surface area contributed by atoms with E-state index in [9.17, 15) is 10.1 Å². The highest BCUT2D eigenvalue weighted by Crippen LogP contribution is 2.31. The second kappa shape index (κ2) is 7.05. The molecule has 110 valence electrons. The largest absolute Gasteiger partial charge is 0.492 e. The SMILES string of the molecule is NCCOc1cccc(Nc2ccc(Br)cc2[N+](=O)[O-])c1. The van der Waals surface area contributed by atoms with Gasteiger partial charge in [-0.1, -0.05) is 22.0 Å². The number of rotatable bonds is 6. The van der Waals surface area contributed by atoms with Crippen LogP contribution >= 0.6 is 15.9 Å². The topological polar surface area (TPSA) is 90.4 Å². The zero-order valence-corrected chi connectivity index (χ0v) is 12.7. The van der Waals surface area contributed by atoms with Crippen LogP contribution in [0.15, 0.2) is 46.9 Å². The third-order valence-electron chi connectivity index (χ3n) is 2.66. The van der Waals surface area contributed by atoms with E-state index < -0.39 is 4.92 Å². The van der Waals surface area contributed by atoms with Gasteiger partial charge in [-0.15, -0.1) is 0 Å². The van der Waals surface area contributed by atoms with E-state index in [4.69, 9.17) is 10.5 Å². The maximum absolute atomic E-state index is 11.1. The number of nitrogens with zero attached hydrogens (tertiary/aromatic N) is 1. The molecule has 0 saturated carbocycles. The molecule has 0 aliphatic heterocycles. The van der Waals surface area contributed by atoms with Gasteiger partial charge in [0.2, 0.25) is 0 Å². The minimum absolute atomic E-state index is 0.00217. The van der Waals surface area contributed by atoms with Gasteiger partial charge in [0.1, 0.15) is 18.0 Å². The molecule has 2 rings (SSSR count). The third-order valence-corrected chi connectivity index (χ3v) is 3.15. The molecule has 0 aromatic heterocycles. The van der Waals surface area contributed by atoms with Crippen molar-refractivity contribution in [3.8, 4) is 5.75 Å². The number of hydrogen-bond acceptors (Lipinski definition) is 5. The van der Waals surface area contributed by atoms with Crippen LogP contribution in [0.1, 0.15) is 0 Å². The predicted molar refractivity (Wildman–Crippen MR) is 85.1 cm³/mol. The Balaban J connectivity index is 2.24. The molecule has 2 aromatic carbocycles. The highest BCUT2D eigenvalue weighted by molar-refractivity contribution is 9.10. The van der Waals surface area contributed by atoms with Gasteiger partial charge in [-0.3, -0.25) is 10.1 Å². The van der Waals surface area contributed by atoms with Gasteiger partial charge in [-0.05, 0) is 24.3 Å². The molecular formula is C14H14BrN3O3. The van der Waals surface area contributed by atoms with Crippen molar-refractivity contribution < 1.29 is 9.66 Å². The molecule has 0 saturated heterocycles. The van der Waals surface area contributed by atoms with E-state index in [1.165, 1.54) is 6.07 Å². The first kappa shape index (κ1) is 15.3. The Kier molecular flexibility index (Phi) is 5.13. The molecular weight excluding hydrogens is 338 g/mol. The Labute approximate surface area is 130 Å². The molecule has 2 aromatic rings. The van der Waals surface area contributed by atoms with Gasteiger partial charge in [0, 0.05) is 28.8 Å². The standard InChI is InChI=1S/C14H14BrN3O3/c15-10-4-5-13(14(8-10)18(19)20)17-11-2-1-3-12(9-11)21-7-6-16/h1-5,8-9,17H,6-7,16H2. The van der Waals surface area contributed by atoms with Crippen molar-refractivity contribution in [3.05, 3.63) is 57.1 Å². The van der Waals surface area contributed by atoms with Crippen LogP contribution in [0.5, 0.6) is 5.75 Å². The number of nitro groups is 1. The summed E-state index contributed by atoms with van der Waals surface area (Å²) in [5, 5.41) is 14.1. The highest BCUT2D eigenvalue weighted by Gasteiger charge is 2.14. The fraction of sp³-hybridized carbons (Fsp3) is 0.143. The Bertz CT molecular complexity index is 649. The van der Waals surface area contributed by atoms with Crippen molar-refractivity contribution in [1.29, 1.82) is 0 Å². The van der Waals surface area contributed by atoms with Crippen molar-refractivity contribution in [2.75, 3.05) is 18.5 Å². The molecule has 0 unspecified atom stereocenters. The van der Waals surface area contributed by atoms with Crippen molar-refractivity contribution in [1.82, 2.24) is 0 Å². The van der Waals surface area contributed by atoms with E-state index in [0.29, 0.717) is 34.7 Å². The lowest BCUT2D eigenvalue weighted by Crippen LogP contribution is -2.10. The number of benzene rings is 2. The average molecular weight is 352 g/mol. The monoisotopic (exact) mass is 351 g/mol. The van der Waals surface area contributed by atoms with Crippen LogP contribution in [0.4, 0.5) is 17.1 Å². The molecule has 7 heteroatoms. The van der Waals surface area contributed by atoms with E-state index in [2.05, 4.69) is 21.2 Å². The number of nitro benzene ring substituents is 1. The second-order valence-corrected chi connectivity index (χ2v) is 5.12. The number of halogens is 1. The molecule has 6 nitrogen and oxygen atoms in total. The van der Waals surface area contributed by atoms with Crippen LogP contribution < -0.4 is 15.8 Å². The predicted octanol–water partition coefficient (Wildman–Crippen LogP) is 3.44. The first-order valence-electron chi connectivity index (χ1n) is 6.24. The van der Waals surface area contributed by atoms with Gasteiger partial charge in [-0.25, -0.2) is 0 Å². The zero-order chi connectivity index (χ0) is 15.2. The summed E-state index contributed by atoms with van der Waals surface area (Å²) in [5.74, 6) is 0.658. The van der Waals surface area contributed by atoms with Crippen LogP contribution in [0.2, 0.25) is 0 Å². The minimum Gasteiger partial charge on any atom is -0.492 e.